The molecule has 0 radical (unpaired) electrons. The third-order valence-electron chi connectivity index (χ3n) is 2.27. The van der Waals surface area contributed by atoms with Crippen LogP contribution in [0.1, 0.15) is 17.4 Å². The van der Waals surface area contributed by atoms with Crippen molar-refractivity contribution in [3.63, 3.8) is 0 Å². The molecule has 0 aliphatic rings. The number of thiazole rings is 1. The number of nitrogens with zero attached hydrogens (tertiary/aromatic N) is 1. The molecule has 1 heterocycles. The summed E-state index contributed by atoms with van der Waals surface area (Å²) in [4.78, 5) is 16.3. The van der Waals surface area contributed by atoms with E-state index in [0.29, 0.717) is 12.2 Å². The van der Waals surface area contributed by atoms with Gasteiger partial charge < -0.3 is 5.32 Å². The number of anilines is 1. The van der Waals surface area contributed by atoms with Gasteiger partial charge in [0.05, 0.1) is 4.88 Å². The van der Waals surface area contributed by atoms with Crippen molar-refractivity contribution in [2.75, 3.05) is 5.32 Å². The molecule has 1 aromatic heterocycles. The zero-order chi connectivity index (χ0) is 13.1. The predicted octanol–water partition coefficient (Wildman–Crippen LogP) is 4.11. The highest BCUT2D eigenvalue weighted by atomic mass is 79.9. The quantitative estimate of drug-likeness (QED) is 0.909. The van der Waals surface area contributed by atoms with Crippen molar-refractivity contribution in [3.05, 3.63) is 43.6 Å². The molecule has 18 heavy (non-hydrogen) atoms. The van der Waals surface area contributed by atoms with Gasteiger partial charge in [0.25, 0.3) is 0 Å². The molecule has 6 heteroatoms. The summed E-state index contributed by atoms with van der Waals surface area (Å²) >= 11 is 10.9. The van der Waals surface area contributed by atoms with Gasteiger partial charge in [0.15, 0.2) is 3.92 Å². The Balaban J connectivity index is 2.29. The number of hydrogen-bond acceptors (Lipinski definition) is 3. The summed E-state index contributed by atoms with van der Waals surface area (Å²) in [5, 5.41) is 3.44. The van der Waals surface area contributed by atoms with Crippen molar-refractivity contribution >= 4 is 50.6 Å². The molecule has 0 spiro atoms. The first-order chi connectivity index (χ1) is 8.56. The molecule has 2 rings (SSSR count). The number of hydrogen-bond donors (Lipinski definition) is 1. The van der Waals surface area contributed by atoms with Gasteiger partial charge in [-0.3, -0.25) is 4.79 Å². The van der Waals surface area contributed by atoms with Crippen molar-refractivity contribution in [3.8, 4) is 0 Å². The topological polar surface area (TPSA) is 42.0 Å². The molecule has 3 nitrogen and oxygen atoms in total. The highest BCUT2D eigenvalue weighted by Gasteiger charge is 2.12. The number of halogens is 2. The standard InChI is InChI=1S/C12H10BrClN2OS/c1-7(17)15-11-10(18-12(13)16-11)6-8-4-2-3-5-9(8)14/h2-5H,6H2,1H3,(H,15,17). The summed E-state index contributed by atoms with van der Waals surface area (Å²) in [6, 6.07) is 7.65. The largest absolute Gasteiger partial charge is 0.310 e. The summed E-state index contributed by atoms with van der Waals surface area (Å²) in [5.41, 5.74) is 1.02. The lowest BCUT2D eigenvalue weighted by Gasteiger charge is -2.04. The van der Waals surface area contributed by atoms with Crippen molar-refractivity contribution < 1.29 is 4.79 Å². The minimum Gasteiger partial charge on any atom is -0.310 e. The van der Waals surface area contributed by atoms with Gasteiger partial charge in [-0.25, -0.2) is 4.98 Å². The smallest absolute Gasteiger partial charge is 0.222 e. The Morgan fingerprint density at radius 3 is 2.89 bits per heavy atom. The highest BCUT2D eigenvalue weighted by Crippen LogP contribution is 2.31. The fourth-order valence-corrected chi connectivity index (χ4v) is 3.25. The van der Waals surface area contributed by atoms with Crippen molar-refractivity contribution in [1.29, 1.82) is 0 Å². The van der Waals surface area contributed by atoms with E-state index in [-0.39, 0.29) is 5.91 Å². The third-order valence-corrected chi connectivity index (χ3v) is 4.15. The maximum atomic E-state index is 11.1. The SMILES string of the molecule is CC(=O)Nc1nc(Br)sc1Cc1ccccc1Cl. The molecule has 0 aliphatic carbocycles. The molecule has 0 unspecified atom stereocenters. The first-order valence-corrected chi connectivity index (χ1v) is 7.21. The van der Waals surface area contributed by atoms with Crippen molar-refractivity contribution in [2.24, 2.45) is 0 Å². The van der Waals surface area contributed by atoms with Gasteiger partial charge >= 0.3 is 0 Å². The van der Waals surface area contributed by atoms with Crippen LogP contribution in [-0.2, 0) is 11.2 Å². The number of benzene rings is 1. The minimum atomic E-state index is -0.131. The molecule has 0 saturated carbocycles. The van der Waals surface area contributed by atoms with E-state index in [1.165, 1.54) is 18.3 Å². The Morgan fingerprint density at radius 1 is 1.50 bits per heavy atom. The summed E-state index contributed by atoms with van der Waals surface area (Å²) in [7, 11) is 0. The van der Waals surface area contributed by atoms with E-state index in [4.69, 9.17) is 11.6 Å². The van der Waals surface area contributed by atoms with Gasteiger partial charge in [-0.1, -0.05) is 29.8 Å². The van der Waals surface area contributed by atoms with Gasteiger partial charge in [0.2, 0.25) is 5.91 Å². The minimum absolute atomic E-state index is 0.131. The second-order valence-electron chi connectivity index (χ2n) is 3.69. The molecule has 0 atom stereocenters. The van der Waals surface area contributed by atoms with E-state index in [1.807, 2.05) is 24.3 Å². The Hall–Kier alpha value is -0.910. The van der Waals surface area contributed by atoms with E-state index in [9.17, 15) is 4.79 Å². The third kappa shape index (κ3) is 3.31. The van der Waals surface area contributed by atoms with Crippen LogP contribution in [0.2, 0.25) is 5.02 Å². The van der Waals surface area contributed by atoms with Crippen LogP contribution in [0.4, 0.5) is 5.82 Å². The predicted molar refractivity (Wildman–Crippen MR) is 78.4 cm³/mol. The fourth-order valence-electron chi connectivity index (χ4n) is 1.52. The van der Waals surface area contributed by atoms with Gasteiger partial charge in [0.1, 0.15) is 5.82 Å². The molecule has 94 valence electrons. The van der Waals surface area contributed by atoms with E-state index < -0.39 is 0 Å². The Kier molecular flexibility index (Phi) is 4.37. The fraction of sp³-hybridized carbons (Fsp3) is 0.167. The zero-order valence-electron chi connectivity index (χ0n) is 9.54. The summed E-state index contributed by atoms with van der Waals surface area (Å²) < 4.78 is 0.744. The monoisotopic (exact) mass is 344 g/mol. The normalized spacial score (nSPS) is 10.4. The second-order valence-corrected chi connectivity index (χ2v) is 6.45. The molecule has 2 aromatic rings. The summed E-state index contributed by atoms with van der Waals surface area (Å²) in [6.45, 7) is 1.46. The van der Waals surface area contributed by atoms with Crippen molar-refractivity contribution in [2.45, 2.75) is 13.3 Å². The van der Waals surface area contributed by atoms with Crippen LogP contribution in [0.5, 0.6) is 0 Å². The number of amides is 1. The highest BCUT2D eigenvalue weighted by molar-refractivity contribution is 9.11. The summed E-state index contributed by atoms with van der Waals surface area (Å²) in [6.07, 6.45) is 0.651. The Morgan fingerprint density at radius 2 is 2.22 bits per heavy atom. The van der Waals surface area contributed by atoms with Crippen LogP contribution in [0.15, 0.2) is 28.2 Å². The molecular formula is C12H10BrClN2OS. The van der Waals surface area contributed by atoms with Crippen LogP contribution < -0.4 is 5.32 Å². The number of carbonyl (C=O) groups excluding carboxylic acids is 1. The van der Waals surface area contributed by atoms with E-state index >= 15 is 0 Å². The Bertz CT molecular complexity index is 585. The van der Waals surface area contributed by atoms with Crippen LogP contribution >= 0.6 is 38.9 Å². The summed E-state index contributed by atoms with van der Waals surface area (Å²) in [5.74, 6) is 0.465. The molecule has 0 fully saturated rings. The van der Waals surface area contributed by atoms with Gasteiger partial charge in [-0.05, 0) is 27.6 Å². The lowest BCUT2D eigenvalue weighted by molar-refractivity contribution is -0.114. The van der Waals surface area contributed by atoms with Gasteiger partial charge in [0, 0.05) is 18.4 Å². The molecule has 0 saturated heterocycles. The molecule has 1 amide bonds. The van der Waals surface area contributed by atoms with Crippen molar-refractivity contribution in [1.82, 2.24) is 4.98 Å². The lowest BCUT2D eigenvalue weighted by Crippen LogP contribution is -2.07. The molecule has 0 aliphatic heterocycles. The molecule has 1 aromatic carbocycles. The molecule has 1 N–H and O–H groups in total. The van der Waals surface area contributed by atoms with Crippen LogP contribution in [0, 0.1) is 0 Å². The average molecular weight is 346 g/mol. The molecule has 0 bridgehead atoms. The average Bonchev–Trinajstić information content (AvgIpc) is 2.61. The van der Waals surface area contributed by atoms with E-state index in [0.717, 1.165) is 19.4 Å². The zero-order valence-corrected chi connectivity index (χ0v) is 12.7. The maximum absolute atomic E-state index is 11.1. The van der Waals surface area contributed by atoms with Gasteiger partial charge in [-0.2, -0.15) is 0 Å². The first kappa shape index (κ1) is 13.5. The van der Waals surface area contributed by atoms with Crippen LogP contribution in [0.25, 0.3) is 0 Å². The van der Waals surface area contributed by atoms with E-state index in [1.54, 1.807) is 0 Å². The second kappa shape index (κ2) is 5.82. The maximum Gasteiger partial charge on any atom is 0.222 e. The van der Waals surface area contributed by atoms with E-state index in [2.05, 4.69) is 26.2 Å². The van der Waals surface area contributed by atoms with Crippen LogP contribution in [-0.4, -0.2) is 10.9 Å². The number of carbonyl (C=O) groups is 1. The number of rotatable bonds is 3. The lowest BCUT2D eigenvalue weighted by atomic mass is 10.1. The first-order valence-electron chi connectivity index (χ1n) is 5.22. The molecular weight excluding hydrogens is 336 g/mol. The van der Waals surface area contributed by atoms with Crippen LogP contribution in [0.3, 0.4) is 0 Å². The van der Waals surface area contributed by atoms with Gasteiger partial charge in [-0.15, -0.1) is 11.3 Å². The Labute approximate surface area is 122 Å². The number of nitrogens with one attached hydrogen (secondary N) is 1. The number of aromatic nitrogens is 1.